The normalized spacial score (nSPS) is 10.7. The second-order valence-corrected chi connectivity index (χ2v) is 7.71. The molecule has 0 aliphatic rings. The van der Waals surface area contributed by atoms with Crippen LogP contribution in [0.1, 0.15) is 16.7 Å². The molecule has 0 saturated carbocycles. The first kappa shape index (κ1) is 21.1. The lowest BCUT2D eigenvalue weighted by atomic mass is 10.1. The molecular weight excluding hydrogens is 402 g/mol. The van der Waals surface area contributed by atoms with Crippen molar-refractivity contribution in [3.63, 3.8) is 0 Å². The molecule has 5 heteroatoms. The van der Waals surface area contributed by atoms with E-state index in [-0.39, 0.29) is 17.2 Å². The van der Waals surface area contributed by atoms with E-state index in [0.29, 0.717) is 39.7 Å². The van der Waals surface area contributed by atoms with Gasteiger partial charge in [0.1, 0.15) is 11.5 Å². The van der Waals surface area contributed by atoms with Crippen LogP contribution in [0.4, 0.5) is 17.1 Å². The zero-order chi connectivity index (χ0) is 22.8. The molecule has 0 unspecified atom stereocenters. The molecule has 0 aromatic heterocycles. The Bertz CT molecular complexity index is 1210. The molecular formula is C27H25NO4. The van der Waals surface area contributed by atoms with E-state index in [1.165, 1.54) is 0 Å². The molecule has 0 bridgehead atoms. The molecule has 4 aromatic carbocycles. The second-order valence-electron chi connectivity index (χ2n) is 7.71. The maximum absolute atomic E-state index is 10.9. The molecule has 0 amide bonds. The van der Waals surface area contributed by atoms with Crippen molar-refractivity contribution < 1.29 is 20.1 Å². The second kappa shape index (κ2) is 8.55. The fourth-order valence-corrected chi connectivity index (χ4v) is 3.65. The van der Waals surface area contributed by atoms with E-state index in [2.05, 4.69) is 0 Å². The third-order valence-corrected chi connectivity index (χ3v) is 5.42. The molecule has 4 aromatic rings. The predicted molar refractivity (Wildman–Crippen MR) is 127 cm³/mol. The highest BCUT2D eigenvalue weighted by Gasteiger charge is 2.24. The SMILES string of the molecule is Cc1cccc(N(c2ccccc2Oc2c(C)cccc2O)c2cccc(C)c2O)c1O. The average Bonchev–Trinajstić information content (AvgIpc) is 2.78. The maximum atomic E-state index is 10.9. The number of para-hydroxylation sites is 5. The Balaban J connectivity index is 1.96. The summed E-state index contributed by atoms with van der Waals surface area (Å²) in [7, 11) is 0. The molecule has 5 nitrogen and oxygen atoms in total. The van der Waals surface area contributed by atoms with Gasteiger partial charge in [-0.05, 0) is 67.8 Å². The zero-order valence-corrected chi connectivity index (χ0v) is 18.2. The molecule has 0 aliphatic heterocycles. The lowest BCUT2D eigenvalue weighted by Gasteiger charge is -2.29. The fraction of sp³-hybridized carbons (Fsp3) is 0.111. The number of hydrogen-bond acceptors (Lipinski definition) is 5. The zero-order valence-electron chi connectivity index (χ0n) is 18.2. The van der Waals surface area contributed by atoms with Crippen LogP contribution in [0.15, 0.2) is 78.9 Å². The van der Waals surface area contributed by atoms with Crippen LogP contribution < -0.4 is 9.64 Å². The summed E-state index contributed by atoms with van der Waals surface area (Å²) < 4.78 is 6.18. The molecule has 162 valence electrons. The minimum absolute atomic E-state index is 0.0307. The van der Waals surface area contributed by atoms with Crippen molar-refractivity contribution >= 4 is 17.1 Å². The van der Waals surface area contributed by atoms with E-state index in [9.17, 15) is 15.3 Å². The standard InChI is InChI=1S/C27H25NO4/c1-17-9-6-13-21(25(17)30)28(22-14-7-10-18(2)26(22)31)20-12-4-5-16-24(20)32-27-19(3)11-8-15-23(27)29/h4-16,29-31H,1-3H3. The third kappa shape index (κ3) is 3.81. The number of nitrogens with zero attached hydrogens (tertiary/aromatic N) is 1. The first-order valence-electron chi connectivity index (χ1n) is 10.3. The van der Waals surface area contributed by atoms with Crippen LogP contribution in [0.25, 0.3) is 0 Å². The van der Waals surface area contributed by atoms with Crippen molar-refractivity contribution in [3.8, 4) is 28.7 Å². The van der Waals surface area contributed by atoms with Crippen LogP contribution in [-0.2, 0) is 0 Å². The van der Waals surface area contributed by atoms with Crippen molar-refractivity contribution in [1.29, 1.82) is 0 Å². The number of phenols is 3. The molecule has 3 N–H and O–H groups in total. The van der Waals surface area contributed by atoms with Crippen LogP contribution in [0.3, 0.4) is 0 Å². The predicted octanol–water partition coefficient (Wildman–Crippen LogP) is 6.99. The monoisotopic (exact) mass is 427 g/mol. The van der Waals surface area contributed by atoms with Gasteiger partial charge in [0.25, 0.3) is 0 Å². The lowest BCUT2D eigenvalue weighted by molar-refractivity contribution is 0.409. The first-order valence-corrected chi connectivity index (χ1v) is 10.3. The number of hydrogen-bond donors (Lipinski definition) is 3. The van der Waals surface area contributed by atoms with Gasteiger partial charge in [-0.3, -0.25) is 4.90 Å². The van der Waals surface area contributed by atoms with Crippen LogP contribution in [0.5, 0.6) is 28.7 Å². The summed E-state index contributed by atoms with van der Waals surface area (Å²) in [5.74, 6) is 1.03. The van der Waals surface area contributed by atoms with Gasteiger partial charge in [-0.2, -0.15) is 0 Å². The van der Waals surface area contributed by atoms with Crippen molar-refractivity contribution in [2.24, 2.45) is 0 Å². The summed E-state index contributed by atoms with van der Waals surface area (Å²) >= 11 is 0. The Morgan fingerprint density at radius 1 is 0.562 bits per heavy atom. The van der Waals surface area contributed by atoms with Crippen molar-refractivity contribution in [1.82, 2.24) is 0 Å². The molecule has 4 rings (SSSR count). The van der Waals surface area contributed by atoms with Crippen LogP contribution in [-0.4, -0.2) is 15.3 Å². The van der Waals surface area contributed by atoms with Crippen LogP contribution >= 0.6 is 0 Å². The topological polar surface area (TPSA) is 73.2 Å². The van der Waals surface area contributed by atoms with Crippen molar-refractivity contribution in [2.45, 2.75) is 20.8 Å². The smallest absolute Gasteiger partial charge is 0.172 e. The Labute approximate surface area is 187 Å². The van der Waals surface area contributed by atoms with Gasteiger partial charge in [-0.1, -0.05) is 48.5 Å². The molecule has 0 radical (unpaired) electrons. The summed E-state index contributed by atoms with van der Waals surface area (Å²) in [5, 5.41) is 32.2. The maximum Gasteiger partial charge on any atom is 0.172 e. The highest BCUT2D eigenvalue weighted by atomic mass is 16.5. The largest absolute Gasteiger partial charge is 0.505 e. The molecule has 0 fully saturated rings. The molecule has 0 heterocycles. The minimum atomic E-state index is 0.0307. The number of benzene rings is 4. The van der Waals surface area contributed by atoms with Gasteiger partial charge in [0, 0.05) is 0 Å². The number of rotatable bonds is 5. The Morgan fingerprint density at radius 2 is 1.06 bits per heavy atom. The number of phenolic OH excluding ortho intramolecular Hbond substituents is 3. The molecule has 0 aliphatic carbocycles. The molecule has 0 spiro atoms. The summed E-state index contributed by atoms with van der Waals surface area (Å²) in [5.41, 5.74) is 3.77. The van der Waals surface area contributed by atoms with E-state index in [0.717, 1.165) is 5.56 Å². The summed E-state index contributed by atoms with van der Waals surface area (Å²) in [4.78, 5) is 1.76. The van der Waals surface area contributed by atoms with Gasteiger partial charge >= 0.3 is 0 Å². The first-order chi connectivity index (χ1) is 15.4. The number of aromatic hydroxyl groups is 3. The van der Waals surface area contributed by atoms with Crippen molar-refractivity contribution in [3.05, 3.63) is 95.6 Å². The highest BCUT2D eigenvalue weighted by Crippen LogP contribution is 2.49. The molecule has 32 heavy (non-hydrogen) atoms. The van der Waals surface area contributed by atoms with Gasteiger partial charge < -0.3 is 20.1 Å². The van der Waals surface area contributed by atoms with Crippen LogP contribution in [0, 0.1) is 20.8 Å². The number of aryl methyl sites for hydroxylation is 3. The van der Waals surface area contributed by atoms with E-state index in [4.69, 9.17) is 4.74 Å². The fourth-order valence-electron chi connectivity index (χ4n) is 3.65. The Kier molecular flexibility index (Phi) is 5.65. The minimum Gasteiger partial charge on any atom is -0.505 e. The van der Waals surface area contributed by atoms with Gasteiger partial charge in [-0.25, -0.2) is 0 Å². The molecule has 0 saturated heterocycles. The summed E-state index contributed by atoms with van der Waals surface area (Å²) in [6.45, 7) is 5.50. The average molecular weight is 428 g/mol. The van der Waals surface area contributed by atoms with E-state index < -0.39 is 0 Å². The van der Waals surface area contributed by atoms with Gasteiger partial charge in [0.15, 0.2) is 17.2 Å². The highest BCUT2D eigenvalue weighted by molar-refractivity contribution is 5.86. The van der Waals surface area contributed by atoms with Gasteiger partial charge in [-0.15, -0.1) is 0 Å². The van der Waals surface area contributed by atoms with E-state index in [1.807, 2.05) is 69.3 Å². The van der Waals surface area contributed by atoms with Gasteiger partial charge in [0.2, 0.25) is 0 Å². The van der Waals surface area contributed by atoms with Crippen molar-refractivity contribution in [2.75, 3.05) is 4.90 Å². The van der Waals surface area contributed by atoms with Crippen LogP contribution in [0.2, 0.25) is 0 Å². The Hall–Kier alpha value is -4.12. The summed E-state index contributed by atoms with van der Waals surface area (Å²) in [6.07, 6.45) is 0. The van der Waals surface area contributed by atoms with Gasteiger partial charge in [0.05, 0.1) is 17.1 Å². The quantitative estimate of drug-likeness (QED) is 0.320. The summed E-state index contributed by atoms with van der Waals surface area (Å²) in [6, 6.07) is 23.4. The number of anilines is 3. The van der Waals surface area contributed by atoms with E-state index >= 15 is 0 Å². The number of ether oxygens (including phenoxy) is 1. The molecule has 0 atom stereocenters. The Morgan fingerprint density at radius 3 is 1.66 bits per heavy atom. The lowest BCUT2D eigenvalue weighted by Crippen LogP contribution is -2.12. The van der Waals surface area contributed by atoms with E-state index in [1.54, 1.807) is 35.2 Å². The third-order valence-electron chi connectivity index (χ3n) is 5.42.